The molecule has 3 rings (SSSR count). The molecule has 1 saturated heterocycles. The Hall–Kier alpha value is -1.10. The number of hydrogen-bond donors (Lipinski definition) is 0. The molecule has 1 atom stereocenters. The van der Waals surface area contributed by atoms with Crippen LogP contribution in [0.4, 0.5) is 0 Å². The minimum Gasteiger partial charge on any atom is -0.344 e. The SMILES string of the molecule is CCCN(C)C(=O)C(C1CCCC1)N1CCN(C(=O)C2CCCC2)CC1. The van der Waals surface area contributed by atoms with Crippen molar-refractivity contribution in [3.63, 3.8) is 0 Å². The molecule has 1 aliphatic heterocycles. The second-order valence-corrected chi connectivity index (χ2v) is 8.59. The fourth-order valence-corrected chi connectivity index (χ4v) is 5.25. The number of hydrogen-bond acceptors (Lipinski definition) is 3. The summed E-state index contributed by atoms with van der Waals surface area (Å²) in [6.07, 6.45) is 10.4. The van der Waals surface area contributed by atoms with Crippen LogP contribution in [0.25, 0.3) is 0 Å². The van der Waals surface area contributed by atoms with Gasteiger partial charge in [-0.3, -0.25) is 14.5 Å². The van der Waals surface area contributed by atoms with Gasteiger partial charge in [0.15, 0.2) is 0 Å². The number of carbonyl (C=O) groups is 2. The van der Waals surface area contributed by atoms with Crippen molar-refractivity contribution in [2.45, 2.75) is 70.8 Å². The molecular formula is C21H37N3O2. The second-order valence-electron chi connectivity index (χ2n) is 8.59. The summed E-state index contributed by atoms with van der Waals surface area (Å²) in [5.41, 5.74) is 0. The number of carbonyl (C=O) groups excluding carboxylic acids is 2. The summed E-state index contributed by atoms with van der Waals surface area (Å²) in [5.74, 6) is 1.44. The van der Waals surface area contributed by atoms with E-state index in [1.165, 1.54) is 38.5 Å². The molecular weight excluding hydrogens is 326 g/mol. The van der Waals surface area contributed by atoms with Gasteiger partial charge in [-0.15, -0.1) is 0 Å². The minimum atomic E-state index is 0.0257. The summed E-state index contributed by atoms with van der Waals surface area (Å²) < 4.78 is 0. The Morgan fingerprint density at radius 3 is 2.12 bits per heavy atom. The van der Waals surface area contributed by atoms with Crippen LogP contribution < -0.4 is 0 Å². The van der Waals surface area contributed by atoms with Crippen molar-refractivity contribution in [1.29, 1.82) is 0 Å². The van der Waals surface area contributed by atoms with E-state index in [1.807, 2.05) is 11.9 Å². The molecule has 2 saturated carbocycles. The van der Waals surface area contributed by atoms with Gasteiger partial charge in [-0.2, -0.15) is 0 Å². The second kappa shape index (κ2) is 9.20. The first kappa shape index (κ1) is 19.7. The van der Waals surface area contributed by atoms with Gasteiger partial charge in [-0.25, -0.2) is 0 Å². The first-order valence-electron chi connectivity index (χ1n) is 10.9. The van der Waals surface area contributed by atoms with Crippen molar-refractivity contribution in [1.82, 2.24) is 14.7 Å². The summed E-state index contributed by atoms with van der Waals surface area (Å²) >= 11 is 0. The maximum atomic E-state index is 13.1. The molecule has 2 aliphatic carbocycles. The number of rotatable bonds is 6. The Kier molecular flexibility index (Phi) is 6.96. The molecule has 1 heterocycles. The van der Waals surface area contributed by atoms with Gasteiger partial charge in [0, 0.05) is 45.7 Å². The van der Waals surface area contributed by atoms with Crippen molar-refractivity contribution >= 4 is 11.8 Å². The normalized spacial score (nSPS) is 24.2. The van der Waals surface area contributed by atoms with Crippen LogP contribution in [-0.2, 0) is 9.59 Å². The summed E-state index contributed by atoms with van der Waals surface area (Å²) in [4.78, 5) is 32.2. The summed E-state index contributed by atoms with van der Waals surface area (Å²) in [6, 6.07) is 0.0257. The average molecular weight is 364 g/mol. The van der Waals surface area contributed by atoms with Crippen LogP contribution in [0, 0.1) is 11.8 Å². The third-order valence-electron chi connectivity index (χ3n) is 6.76. The van der Waals surface area contributed by atoms with Crippen LogP contribution in [0.15, 0.2) is 0 Å². The smallest absolute Gasteiger partial charge is 0.239 e. The zero-order chi connectivity index (χ0) is 18.5. The Balaban J connectivity index is 1.61. The van der Waals surface area contributed by atoms with E-state index in [4.69, 9.17) is 0 Å². The largest absolute Gasteiger partial charge is 0.344 e. The van der Waals surface area contributed by atoms with Gasteiger partial charge in [0.1, 0.15) is 0 Å². The van der Waals surface area contributed by atoms with Crippen molar-refractivity contribution in [2.24, 2.45) is 11.8 Å². The molecule has 0 aromatic carbocycles. The lowest BCUT2D eigenvalue weighted by molar-refractivity contribution is -0.142. The lowest BCUT2D eigenvalue weighted by atomic mass is 9.94. The van der Waals surface area contributed by atoms with Gasteiger partial charge in [0.05, 0.1) is 6.04 Å². The van der Waals surface area contributed by atoms with Gasteiger partial charge < -0.3 is 9.80 Å². The number of piperazine rings is 1. The summed E-state index contributed by atoms with van der Waals surface area (Å²) in [6.45, 7) is 6.26. The predicted molar refractivity (Wildman–Crippen MR) is 104 cm³/mol. The molecule has 0 radical (unpaired) electrons. The van der Waals surface area contributed by atoms with Gasteiger partial charge in [0.2, 0.25) is 11.8 Å². The monoisotopic (exact) mass is 363 g/mol. The topological polar surface area (TPSA) is 43.9 Å². The van der Waals surface area contributed by atoms with Gasteiger partial charge in [0.25, 0.3) is 0 Å². The first-order valence-corrected chi connectivity index (χ1v) is 10.9. The molecule has 0 aromatic rings. The summed E-state index contributed by atoms with van der Waals surface area (Å²) in [5, 5.41) is 0. The molecule has 0 spiro atoms. The van der Waals surface area contributed by atoms with E-state index < -0.39 is 0 Å². The van der Waals surface area contributed by atoms with E-state index in [0.717, 1.165) is 52.0 Å². The highest BCUT2D eigenvalue weighted by Crippen LogP contribution is 2.32. The molecule has 0 bridgehead atoms. The zero-order valence-corrected chi connectivity index (χ0v) is 16.8. The summed E-state index contributed by atoms with van der Waals surface area (Å²) in [7, 11) is 1.95. The van der Waals surface area contributed by atoms with E-state index in [2.05, 4.69) is 16.7 Å². The maximum absolute atomic E-state index is 13.1. The van der Waals surface area contributed by atoms with Crippen LogP contribution in [0.2, 0.25) is 0 Å². The van der Waals surface area contributed by atoms with E-state index in [9.17, 15) is 9.59 Å². The molecule has 3 aliphatic rings. The fourth-order valence-electron chi connectivity index (χ4n) is 5.25. The molecule has 3 fully saturated rings. The van der Waals surface area contributed by atoms with Crippen molar-refractivity contribution in [3.05, 3.63) is 0 Å². The number of nitrogens with zero attached hydrogens (tertiary/aromatic N) is 3. The highest BCUT2D eigenvalue weighted by atomic mass is 16.2. The van der Waals surface area contributed by atoms with Crippen molar-refractivity contribution in [2.75, 3.05) is 39.8 Å². The van der Waals surface area contributed by atoms with Crippen LogP contribution in [0.1, 0.15) is 64.7 Å². The maximum Gasteiger partial charge on any atom is 0.239 e. The van der Waals surface area contributed by atoms with Gasteiger partial charge in [-0.05, 0) is 38.0 Å². The van der Waals surface area contributed by atoms with Crippen LogP contribution in [-0.4, -0.2) is 72.3 Å². The van der Waals surface area contributed by atoms with Crippen LogP contribution in [0.3, 0.4) is 0 Å². The zero-order valence-electron chi connectivity index (χ0n) is 16.8. The van der Waals surface area contributed by atoms with Gasteiger partial charge >= 0.3 is 0 Å². The Morgan fingerprint density at radius 1 is 0.962 bits per heavy atom. The quantitative estimate of drug-likeness (QED) is 0.729. The highest BCUT2D eigenvalue weighted by Gasteiger charge is 2.39. The third-order valence-corrected chi connectivity index (χ3v) is 6.76. The highest BCUT2D eigenvalue weighted by molar-refractivity contribution is 5.82. The van der Waals surface area contributed by atoms with Crippen LogP contribution >= 0.6 is 0 Å². The number of likely N-dealkylation sites (N-methyl/N-ethyl adjacent to an activating group) is 1. The van der Waals surface area contributed by atoms with Crippen LogP contribution in [0.5, 0.6) is 0 Å². The molecule has 5 nitrogen and oxygen atoms in total. The Labute approximate surface area is 159 Å². The Morgan fingerprint density at radius 2 is 1.54 bits per heavy atom. The van der Waals surface area contributed by atoms with Crippen molar-refractivity contribution in [3.8, 4) is 0 Å². The van der Waals surface area contributed by atoms with E-state index >= 15 is 0 Å². The molecule has 0 aromatic heterocycles. The molecule has 26 heavy (non-hydrogen) atoms. The van der Waals surface area contributed by atoms with E-state index in [0.29, 0.717) is 17.7 Å². The third kappa shape index (κ3) is 4.41. The molecule has 2 amide bonds. The molecule has 5 heteroatoms. The molecule has 1 unspecified atom stereocenters. The predicted octanol–water partition coefficient (Wildman–Crippen LogP) is 2.75. The van der Waals surface area contributed by atoms with Gasteiger partial charge in [-0.1, -0.05) is 32.6 Å². The average Bonchev–Trinajstić information content (AvgIpc) is 3.36. The fraction of sp³-hybridized carbons (Fsp3) is 0.905. The lowest BCUT2D eigenvalue weighted by Crippen LogP contribution is -2.58. The standard InChI is InChI=1S/C21H37N3O2/c1-3-12-22(2)21(26)19(17-8-4-5-9-17)23-13-15-24(16-14-23)20(25)18-10-6-7-11-18/h17-19H,3-16H2,1-2H3. The Bertz CT molecular complexity index is 476. The molecule has 0 N–H and O–H groups in total. The van der Waals surface area contributed by atoms with Crippen molar-refractivity contribution < 1.29 is 9.59 Å². The molecule has 148 valence electrons. The lowest BCUT2D eigenvalue weighted by Gasteiger charge is -2.42. The minimum absolute atomic E-state index is 0.0257. The van der Waals surface area contributed by atoms with E-state index in [-0.39, 0.29) is 12.0 Å². The number of amides is 2. The van der Waals surface area contributed by atoms with E-state index in [1.54, 1.807) is 0 Å². The first-order chi connectivity index (χ1) is 12.6.